The Morgan fingerprint density at radius 1 is 0.684 bits per heavy atom. The van der Waals surface area contributed by atoms with Gasteiger partial charge in [0, 0.05) is 34.1 Å². The third kappa shape index (κ3) is 24.7. The second-order valence-electron chi connectivity index (χ2n) is 5.43. The van der Waals surface area contributed by atoms with Crippen molar-refractivity contribution in [3.05, 3.63) is 142 Å². The number of esters is 1. The van der Waals surface area contributed by atoms with Crippen molar-refractivity contribution in [2.45, 2.75) is 5.92 Å². The minimum absolute atomic E-state index is 0. The zero-order chi connectivity index (χ0) is 28.6. The monoisotopic (exact) mass is 613 g/mol. The molecule has 0 amide bonds. The zero-order valence-electron chi connectivity index (χ0n) is 20.0. The summed E-state index contributed by atoms with van der Waals surface area (Å²) in [7, 11) is 2.13. The van der Waals surface area contributed by atoms with Gasteiger partial charge in [-0.15, -0.1) is 0 Å². The van der Waals surface area contributed by atoms with Gasteiger partial charge in [0.25, 0.3) is 5.97 Å². The van der Waals surface area contributed by atoms with Crippen LogP contribution in [0.15, 0.2) is 97.6 Å². The predicted octanol–water partition coefficient (Wildman–Crippen LogP) is 4.06. The molecule has 0 saturated carbocycles. The van der Waals surface area contributed by atoms with Gasteiger partial charge in [-0.05, 0) is 16.5 Å². The summed E-state index contributed by atoms with van der Waals surface area (Å²) in [4.78, 5) is 11.2. The van der Waals surface area contributed by atoms with Gasteiger partial charge < -0.3 is 10.8 Å². The predicted molar refractivity (Wildman–Crippen MR) is 130 cm³/mol. The van der Waals surface area contributed by atoms with Gasteiger partial charge >= 0.3 is 56.5 Å². The van der Waals surface area contributed by atoms with Crippen LogP contribution in [0.25, 0.3) is 0 Å². The van der Waals surface area contributed by atoms with E-state index in [4.69, 9.17) is 23.3 Å². The molecule has 1 atom stereocenters. The topological polar surface area (TPSA) is 126 Å². The Kier molecular flexibility index (Phi) is 52.2. The molecule has 0 fully saturated rings. The molecule has 0 heterocycles. The van der Waals surface area contributed by atoms with Gasteiger partial charge in [0.05, 0.1) is 7.11 Å². The Labute approximate surface area is 246 Å². The number of carbonyl (C=O) groups excluding carboxylic acids is 1. The van der Waals surface area contributed by atoms with Crippen molar-refractivity contribution in [2.75, 3.05) is 7.11 Å². The van der Waals surface area contributed by atoms with Crippen molar-refractivity contribution in [1.29, 1.82) is 0 Å². The van der Waals surface area contributed by atoms with Gasteiger partial charge in [0.1, 0.15) is 0 Å². The molecule has 0 saturated heterocycles. The molecule has 0 aromatic heterocycles. The molecule has 10 heteroatoms. The Balaban J connectivity index is -0.0000000975. The minimum atomic E-state index is -0.480. The van der Waals surface area contributed by atoms with E-state index in [2.05, 4.69) is 111 Å². The van der Waals surface area contributed by atoms with E-state index in [1.165, 1.54) is 17.7 Å². The molecule has 3 aromatic carbocycles. The van der Waals surface area contributed by atoms with Crippen LogP contribution in [-0.4, -0.2) is 13.1 Å². The SMILES string of the molecule is C=[C-]C(C(=O)OC)c1ccccc1.[C-]#[O+].[C-]#[O+].[C-]#[O+].[C-]#[O+].[C-]#[O+].[Fe].[Fe].c1ccc(Pc2ccccc2)cc1. The maximum absolute atomic E-state index is 11.2. The first-order chi connectivity index (χ1) is 17.7. The second-order valence-corrected chi connectivity index (χ2v) is 6.83. The number of ether oxygens (including phenoxy) is 1. The first-order valence-corrected chi connectivity index (χ1v) is 10.3. The van der Waals surface area contributed by atoms with E-state index in [1.54, 1.807) is 0 Å². The molecule has 7 nitrogen and oxygen atoms in total. The molecule has 0 aliphatic carbocycles. The van der Waals surface area contributed by atoms with Crippen LogP contribution >= 0.6 is 8.58 Å². The van der Waals surface area contributed by atoms with E-state index in [-0.39, 0.29) is 40.1 Å². The van der Waals surface area contributed by atoms with Crippen LogP contribution < -0.4 is 10.6 Å². The van der Waals surface area contributed by atoms with Crippen molar-refractivity contribution in [1.82, 2.24) is 0 Å². The molecule has 0 spiro atoms. The number of rotatable bonds is 5. The average Bonchev–Trinajstić information content (AvgIpc) is 3.00. The summed E-state index contributed by atoms with van der Waals surface area (Å²) in [6.45, 7) is 26.0. The van der Waals surface area contributed by atoms with Gasteiger partial charge in [-0.1, -0.05) is 105 Å². The van der Waals surface area contributed by atoms with E-state index in [0.717, 1.165) is 14.1 Å². The van der Waals surface area contributed by atoms with Crippen LogP contribution in [0.4, 0.5) is 0 Å². The van der Waals surface area contributed by atoms with Gasteiger partial charge in [-0.2, -0.15) is 0 Å². The number of carbonyl (C=O) groups is 1. The fraction of sp³-hybridized carbons (Fsp3) is 0.0714. The van der Waals surface area contributed by atoms with Gasteiger partial charge in [-0.3, -0.25) is 11.4 Å². The summed E-state index contributed by atoms with van der Waals surface area (Å²) in [6.07, 6.45) is 2.64. The zero-order valence-corrected chi connectivity index (χ0v) is 23.2. The van der Waals surface area contributed by atoms with Crippen LogP contribution in [0.2, 0.25) is 0 Å². The van der Waals surface area contributed by atoms with Gasteiger partial charge in [-0.25, -0.2) is 0 Å². The molecule has 0 N–H and O–H groups in total. The molecule has 0 radical (unpaired) electrons. The van der Waals surface area contributed by atoms with E-state index >= 15 is 0 Å². The Morgan fingerprint density at radius 2 is 0.974 bits per heavy atom. The molecule has 3 rings (SSSR count). The van der Waals surface area contributed by atoms with Gasteiger partial charge in [0.15, 0.2) is 0 Å². The summed E-state index contributed by atoms with van der Waals surface area (Å²) < 4.78 is 42.1. The molecule has 3 aromatic rings. The van der Waals surface area contributed by atoms with E-state index in [9.17, 15) is 4.79 Å². The van der Waals surface area contributed by atoms with Crippen molar-refractivity contribution < 1.29 is 66.9 Å². The van der Waals surface area contributed by atoms with E-state index < -0.39 is 5.92 Å². The minimum Gasteiger partial charge on any atom is -0.0622 e. The molecular weight excluding hydrogens is 591 g/mol. The number of hydrogen-bond donors (Lipinski definition) is 0. The largest absolute Gasteiger partial charge is 0.0622 e. The van der Waals surface area contributed by atoms with Crippen molar-refractivity contribution in [2.24, 2.45) is 0 Å². The van der Waals surface area contributed by atoms with Crippen molar-refractivity contribution in [3.63, 3.8) is 0 Å². The van der Waals surface area contributed by atoms with E-state index in [1.807, 2.05) is 30.3 Å². The molecule has 0 bridgehead atoms. The van der Waals surface area contributed by atoms with Crippen LogP contribution in [0.5, 0.6) is 0 Å². The normalized spacial score (nSPS) is 7.66. The summed E-state index contributed by atoms with van der Waals surface area (Å²) in [5.74, 6) is -0.813. The third-order valence-electron chi connectivity index (χ3n) is 3.61. The number of hydrogen-bond acceptors (Lipinski definition) is 2. The fourth-order valence-corrected chi connectivity index (χ4v) is 3.36. The maximum Gasteiger partial charge on any atom is 0 e. The maximum atomic E-state index is 11.2. The third-order valence-corrected chi connectivity index (χ3v) is 4.85. The van der Waals surface area contributed by atoms with Crippen LogP contribution in [0.1, 0.15) is 11.5 Å². The van der Waals surface area contributed by atoms with Gasteiger partial charge in [0.2, 0.25) is 0 Å². The Bertz CT molecular complexity index is 949. The van der Waals surface area contributed by atoms with Crippen molar-refractivity contribution in [3.8, 4) is 0 Å². The molecule has 0 aliphatic heterocycles. The molecule has 0 aliphatic rings. The molecule has 38 heavy (non-hydrogen) atoms. The number of benzene rings is 3. The fourth-order valence-electron chi connectivity index (χ4n) is 2.31. The van der Waals surface area contributed by atoms with Crippen LogP contribution in [0.3, 0.4) is 0 Å². The van der Waals surface area contributed by atoms with Crippen LogP contribution in [0, 0.1) is 39.3 Å². The van der Waals surface area contributed by atoms with Crippen LogP contribution in [-0.2, 0) is 66.9 Å². The van der Waals surface area contributed by atoms with E-state index in [0.29, 0.717) is 0 Å². The summed E-state index contributed by atoms with van der Waals surface area (Å²) in [6, 6.07) is 30.5. The number of methoxy groups -OCH3 is 1. The second kappa shape index (κ2) is 41.2. The van der Waals surface area contributed by atoms with Crippen molar-refractivity contribution >= 4 is 25.2 Å². The smallest absolute Gasteiger partial charge is 0 e. The molecular formula is C28H22Fe2O7P-. The average molecular weight is 613 g/mol. The first kappa shape index (κ1) is 48.1. The summed E-state index contributed by atoms with van der Waals surface area (Å²) in [5.41, 5.74) is 0.851. The Hall–Kier alpha value is -2.96. The molecule has 1 unspecified atom stereocenters. The summed E-state index contributed by atoms with van der Waals surface area (Å²) >= 11 is 0. The quantitative estimate of drug-likeness (QED) is 0.142. The Morgan fingerprint density at radius 3 is 1.24 bits per heavy atom. The first-order valence-electron chi connectivity index (χ1n) is 9.29. The molecule has 198 valence electrons. The summed E-state index contributed by atoms with van der Waals surface area (Å²) in [5, 5.41) is 2.79. The standard InChI is InChI=1S/C12H11P.C11H11O2.5CO.2Fe/c1-3-7-11(8-4-1)13-12-9-5-2-6-10-12;1-3-10(11(12)13-2)9-7-5-4-6-8-9;5*1-2;;/h1-10,13H;4-8,10H,1H2,2H3;;;;;;;/q;-1;;;;;;;.